The molecule has 0 aliphatic heterocycles. The van der Waals surface area contributed by atoms with E-state index in [2.05, 4.69) is 5.32 Å². The Kier molecular flexibility index (Phi) is 5.70. The average molecular weight is 279 g/mol. The van der Waals surface area contributed by atoms with Crippen LogP contribution in [0, 0.1) is 5.41 Å². The monoisotopic (exact) mass is 279 g/mol. The molecule has 0 aliphatic carbocycles. The lowest BCUT2D eigenvalue weighted by Crippen LogP contribution is -2.49. The highest BCUT2D eigenvalue weighted by atomic mass is 16.5. The zero-order valence-corrected chi connectivity index (χ0v) is 12.1. The zero-order chi connectivity index (χ0) is 15.2. The molecule has 0 fully saturated rings. The van der Waals surface area contributed by atoms with E-state index < -0.39 is 17.4 Å². The summed E-state index contributed by atoms with van der Waals surface area (Å²) in [7, 11) is 1.28. The fraction of sp³-hybridized carbons (Fsp3) is 0.467. The summed E-state index contributed by atoms with van der Waals surface area (Å²) in [6.45, 7) is 2.93. The summed E-state index contributed by atoms with van der Waals surface area (Å²) in [5, 5.41) is 11.8. The van der Waals surface area contributed by atoms with Gasteiger partial charge >= 0.3 is 5.97 Å². The zero-order valence-electron chi connectivity index (χ0n) is 12.1. The van der Waals surface area contributed by atoms with Crippen LogP contribution in [0.15, 0.2) is 30.3 Å². The average Bonchev–Trinajstić information content (AvgIpc) is 2.46. The molecule has 1 aromatic carbocycles. The molecule has 5 heteroatoms. The van der Waals surface area contributed by atoms with Crippen molar-refractivity contribution in [1.29, 1.82) is 0 Å². The molecule has 1 amide bonds. The highest BCUT2D eigenvalue weighted by molar-refractivity contribution is 5.87. The number of rotatable bonds is 6. The predicted molar refractivity (Wildman–Crippen MR) is 75.0 cm³/mol. The van der Waals surface area contributed by atoms with Crippen molar-refractivity contribution in [3.63, 3.8) is 0 Å². The number of methoxy groups -OCH3 is 1. The lowest BCUT2D eigenvalue weighted by molar-refractivity contribution is -0.146. The van der Waals surface area contributed by atoms with Gasteiger partial charge in [0.25, 0.3) is 0 Å². The molecule has 1 rings (SSSR count). The maximum atomic E-state index is 12.0. The van der Waals surface area contributed by atoms with Crippen LogP contribution in [0.5, 0.6) is 0 Å². The first-order valence-corrected chi connectivity index (χ1v) is 6.44. The number of carbonyl (C=O) groups excluding carboxylic acids is 2. The molecule has 20 heavy (non-hydrogen) atoms. The fourth-order valence-corrected chi connectivity index (χ4v) is 1.61. The lowest BCUT2D eigenvalue weighted by atomic mass is 9.93. The van der Waals surface area contributed by atoms with E-state index in [9.17, 15) is 14.7 Å². The molecule has 0 radical (unpaired) electrons. The maximum absolute atomic E-state index is 12.0. The van der Waals surface area contributed by atoms with Gasteiger partial charge in [0.15, 0.2) is 0 Å². The van der Waals surface area contributed by atoms with Gasteiger partial charge in [-0.2, -0.15) is 0 Å². The van der Waals surface area contributed by atoms with E-state index in [1.165, 1.54) is 7.11 Å². The quantitative estimate of drug-likeness (QED) is 0.759. The molecule has 2 N–H and O–H groups in total. The number of hydrogen-bond acceptors (Lipinski definition) is 4. The van der Waals surface area contributed by atoms with Crippen molar-refractivity contribution < 1.29 is 19.4 Å². The van der Waals surface area contributed by atoms with Crippen molar-refractivity contribution >= 4 is 11.9 Å². The number of aliphatic hydroxyl groups is 1. The van der Waals surface area contributed by atoms with Crippen molar-refractivity contribution in [3.05, 3.63) is 35.9 Å². The van der Waals surface area contributed by atoms with Gasteiger partial charge in [-0.05, 0) is 19.4 Å². The summed E-state index contributed by atoms with van der Waals surface area (Å²) in [6.07, 6.45) is 0.348. The van der Waals surface area contributed by atoms with Gasteiger partial charge in [-0.1, -0.05) is 30.3 Å². The molecule has 1 atom stereocenters. The molecule has 0 spiro atoms. The Morgan fingerprint density at radius 1 is 1.30 bits per heavy atom. The first kappa shape index (κ1) is 16.2. The summed E-state index contributed by atoms with van der Waals surface area (Å²) in [5.74, 6) is -0.887. The van der Waals surface area contributed by atoms with Crippen molar-refractivity contribution in [2.24, 2.45) is 5.41 Å². The minimum absolute atomic E-state index is 0.294. The van der Waals surface area contributed by atoms with Crippen LogP contribution in [0.4, 0.5) is 0 Å². The van der Waals surface area contributed by atoms with Crippen molar-refractivity contribution in [2.45, 2.75) is 26.3 Å². The molecule has 0 aromatic heterocycles. The molecule has 0 aliphatic rings. The molecule has 0 saturated carbocycles. The van der Waals surface area contributed by atoms with E-state index in [1.54, 1.807) is 13.8 Å². The van der Waals surface area contributed by atoms with E-state index >= 15 is 0 Å². The molecule has 0 heterocycles. The van der Waals surface area contributed by atoms with Gasteiger partial charge < -0.3 is 15.2 Å². The predicted octanol–water partition coefficient (Wildman–Crippen LogP) is 0.905. The first-order valence-electron chi connectivity index (χ1n) is 6.44. The summed E-state index contributed by atoms with van der Waals surface area (Å²) < 4.78 is 4.72. The molecule has 1 aromatic rings. The van der Waals surface area contributed by atoms with Gasteiger partial charge in [0.2, 0.25) is 5.91 Å². The number of benzene rings is 1. The van der Waals surface area contributed by atoms with E-state index in [0.717, 1.165) is 5.56 Å². The van der Waals surface area contributed by atoms with Crippen molar-refractivity contribution in [3.8, 4) is 0 Å². The van der Waals surface area contributed by atoms with Gasteiger partial charge in [-0.15, -0.1) is 0 Å². The van der Waals surface area contributed by atoms with Crippen LogP contribution in [-0.2, 0) is 20.7 Å². The highest BCUT2D eigenvalue weighted by Crippen LogP contribution is 2.14. The molecule has 110 valence electrons. The highest BCUT2D eigenvalue weighted by Gasteiger charge is 2.31. The maximum Gasteiger partial charge on any atom is 0.328 e. The number of ether oxygens (including phenoxy) is 1. The van der Waals surface area contributed by atoms with Crippen molar-refractivity contribution in [2.75, 3.05) is 13.7 Å². The third-order valence-electron chi connectivity index (χ3n) is 3.08. The summed E-state index contributed by atoms with van der Waals surface area (Å²) in [6, 6.07) is 8.59. The second kappa shape index (κ2) is 7.05. The molecular formula is C15H21NO4. The Hall–Kier alpha value is -1.88. The second-order valence-electron chi connectivity index (χ2n) is 5.28. The van der Waals surface area contributed by atoms with Crippen LogP contribution >= 0.6 is 0 Å². The number of amides is 1. The van der Waals surface area contributed by atoms with Crippen molar-refractivity contribution in [1.82, 2.24) is 5.32 Å². The Bertz CT molecular complexity index is 456. The van der Waals surface area contributed by atoms with Crippen LogP contribution in [0.2, 0.25) is 0 Å². The van der Waals surface area contributed by atoms with E-state index in [-0.39, 0.29) is 12.5 Å². The lowest BCUT2D eigenvalue weighted by Gasteiger charge is -2.24. The topological polar surface area (TPSA) is 75.6 Å². The number of esters is 1. The number of nitrogens with one attached hydrogen (secondary N) is 1. The fourth-order valence-electron chi connectivity index (χ4n) is 1.61. The smallest absolute Gasteiger partial charge is 0.328 e. The van der Waals surface area contributed by atoms with E-state index in [1.807, 2.05) is 30.3 Å². The number of aliphatic hydroxyl groups excluding tert-OH is 1. The van der Waals surface area contributed by atoms with E-state index in [0.29, 0.717) is 6.42 Å². The van der Waals surface area contributed by atoms with Gasteiger partial charge in [0.05, 0.1) is 19.1 Å². The third kappa shape index (κ3) is 4.35. The van der Waals surface area contributed by atoms with Crippen LogP contribution in [0.25, 0.3) is 0 Å². The summed E-state index contributed by atoms with van der Waals surface area (Å²) in [4.78, 5) is 23.8. The Morgan fingerprint density at radius 2 is 1.90 bits per heavy atom. The molecule has 0 saturated heterocycles. The Labute approximate surface area is 118 Å². The van der Waals surface area contributed by atoms with Gasteiger partial charge in [0.1, 0.15) is 6.04 Å². The molecule has 0 bridgehead atoms. The van der Waals surface area contributed by atoms with Crippen LogP contribution in [0.3, 0.4) is 0 Å². The Balaban J connectivity index is 2.81. The summed E-state index contributed by atoms with van der Waals surface area (Å²) in [5.41, 5.74) is -0.0202. The van der Waals surface area contributed by atoms with Gasteiger partial charge in [0, 0.05) is 6.42 Å². The minimum Gasteiger partial charge on any atom is -0.467 e. The largest absolute Gasteiger partial charge is 0.467 e. The second-order valence-corrected chi connectivity index (χ2v) is 5.28. The molecule has 0 unspecified atom stereocenters. The van der Waals surface area contributed by atoms with E-state index in [4.69, 9.17) is 4.74 Å². The van der Waals surface area contributed by atoms with Crippen LogP contribution < -0.4 is 5.32 Å². The number of hydrogen-bond donors (Lipinski definition) is 2. The van der Waals surface area contributed by atoms with Crippen LogP contribution in [-0.4, -0.2) is 36.7 Å². The molecular weight excluding hydrogens is 258 g/mol. The van der Waals surface area contributed by atoms with Gasteiger partial charge in [-0.25, -0.2) is 4.79 Å². The number of carbonyl (C=O) groups is 2. The standard InChI is InChI=1S/C15H21NO4/c1-15(2,10-17)14(19)16-12(13(18)20-3)9-11-7-5-4-6-8-11/h4-8,12,17H,9-10H2,1-3H3,(H,16,19)/t12-/m0/s1. The Morgan fingerprint density at radius 3 is 2.40 bits per heavy atom. The van der Waals surface area contributed by atoms with Crippen LogP contribution in [0.1, 0.15) is 19.4 Å². The van der Waals surface area contributed by atoms with Gasteiger partial charge in [-0.3, -0.25) is 4.79 Å². The minimum atomic E-state index is -0.942. The first-order chi connectivity index (χ1) is 9.40. The third-order valence-corrected chi connectivity index (χ3v) is 3.08. The molecule has 5 nitrogen and oxygen atoms in total. The SMILES string of the molecule is COC(=O)[C@H](Cc1ccccc1)NC(=O)C(C)(C)CO. The normalized spacial score (nSPS) is 12.6. The summed E-state index contributed by atoms with van der Waals surface area (Å²) >= 11 is 0.